The fourth-order valence-electron chi connectivity index (χ4n) is 1.16. The Bertz CT molecular complexity index is 531. The zero-order valence-corrected chi connectivity index (χ0v) is 11.4. The van der Waals surface area contributed by atoms with Crippen molar-refractivity contribution < 1.29 is 8.42 Å². The number of halogens is 1. The average molecular weight is 302 g/mol. The molecule has 0 radical (unpaired) electrons. The lowest BCUT2D eigenvalue weighted by Gasteiger charge is -2.11. The second-order valence-electron chi connectivity index (χ2n) is 3.40. The van der Waals surface area contributed by atoms with Crippen molar-refractivity contribution in [2.75, 3.05) is 0 Å². The summed E-state index contributed by atoms with van der Waals surface area (Å²) in [5, 5.41) is 0. The number of terminal acetylenes is 1. The van der Waals surface area contributed by atoms with Crippen LogP contribution in [0.25, 0.3) is 0 Å². The van der Waals surface area contributed by atoms with Crippen LogP contribution in [0.3, 0.4) is 0 Å². The van der Waals surface area contributed by atoms with Crippen LogP contribution < -0.4 is 4.72 Å². The molecular formula is C11H12BrNO2S. The summed E-state index contributed by atoms with van der Waals surface area (Å²) in [6.45, 7) is 3.44. The summed E-state index contributed by atoms with van der Waals surface area (Å²) in [7, 11) is -3.56. The number of sulfonamides is 1. The monoisotopic (exact) mass is 301 g/mol. The Morgan fingerprint density at radius 1 is 1.50 bits per heavy atom. The molecule has 1 N–H and O–H groups in total. The van der Waals surface area contributed by atoms with Crippen LogP contribution in [-0.4, -0.2) is 14.5 Å². The zero-order chi connectivity index (χ0) is 12.3. The van der Waals surface area contributed by atoms with Crippen molar-refractivity contribution in [1.29, 1.82) is 0 Å². The summed E-state index contributed by atoms with van der Waals surface area (Å²) in [6.07, 6.45) is 5.14. The number of rotatable bonds is 3. The number of nitrogens with one attached hydrogen (secondary N) is 1. The van der Waals surface area contributed by atoms with Crippen LogP contribution in [0.5, 0.6) is 0 Å². The Balaban J connectivity index is 3.19. The molecule has 1 atom stereocenters. The molecular weight excluding hydrogens is 290 g/mol. The van der Waals surface area contributed by atoms with Crippen molar-refractivity contribution >= 4 is 26.0 Å². The molecule has 0 saturated heterocycles. The quantitative estimate of drug-likeness (QED) is 0.869. The fraction of sp³-hybridized carbons (Fsp3) is 0.273. The lowest BCUT2D eigenvalue weighted by Crippen LogP contribution is -2.31. The molecule has 0 spiro atoms. The van der Waals surface area contributed by atoms with Crippen LogP contribution in [0.4, 0.5) is 0 Å². The molecule has 0 amide bonds. The van der Waals surface area contributed by atoms with Crippen molar-refractivity contribution in [3.63, 3.8) is 0 Å². The molecule has 0 bridgehead atoms. The minimum atomic E-state index is -3.56. The summed E-state index contributed by atoms with van der Waals surface area (Å²) in [4.78, 5) is 0.203. The van der Waals surface area contributed by atoms with E-state index in [1.165, 1.54) is 6.07 Å². The van der Waals surface area contributed by atoms with E-state index in [-0.39, 0.29) is 4.90 Å². The number of aryl methyl sites for hydroxylation is 1. The van der Waals surface area contributed by atoms with Gasteiger partial charge in [-0.15, -0.1) is 6.42 Å². The van der Waals surface area contributed by atoms with Gasteiger partial charge in [0.05, 0.1) is 10.9 Å². The van der Waals surface area contributed by atoms with Gasteiger partial charge in [0.15, 0.2) is 0 Å². The molecule has 1 rings (SSSR count). The Labute approximate surface area is 104 Å². The molecule has 0 unspecified atom stereocenters. The molecule has 0 aromatic heterocycles. The first-order valence-electron chi connectivity index (χ1n) is 4.62. The van der Waals surface area contributed by atoms with Gasteiger partial charge < -0.3 is 0 Å². The predicted octanol–water partition coefficient (Wildman–Crippen LogP) is 2.06. The maximum Gasteiger partial charge on any atom is 0.242 e. The predicted molar refractivity (Wildman–Crippen MR) is 67.5 cm³/mol. The van der Waals surface area contributed by atoms with E-state index in [1.807, 2.05) is 13.0 Å². The van der Waals surface area contributed by atoms with Crippen molar-refractivity contribution in [3.8, 4) is 12.3 Å². The van der Waals surface area contributed by atoms with Gasteiger partial charge in [0, 0.05) is 4.47 Å². The molecule has 3 nitrogen and oxygen atoms in total. The van der Waals surface area contributed by atoms with Crippen molar-refractivity contribution in [2.45, 2.75) is 24.8 Å². The van der Waals surface area contributed by atoms with E-state index in [0.29, 0.717) is 4.47 Å². The Hall–Kier alpha value is -0.830. The minimum absolute atomic E-state index is 0.203. The molecule has 86 valence electrons. The summed E-state index contributed by atoms with van der Waals surface area (Å²) in [5.41, 5.74) is 0.858. The third-order valence-electron chi connectivity index (χ3n) is 2.03. The van der Waals surface area contributed by atoms with Gasteiger partial charge in [-0.1, -0.05) is 18.1 Å². The Morgan fingerprint density at radius 2 is 2.12 bits per heavy atom. The summed E-state index contributed by atoms with van der Waals surface area (Å²) in [6, 6.07) is 4.52. The van der Waals surface area contributed by atoms with Gasteiger partial charge in [0.2, 0.25) is 10.0 Å². The number of hydrogen-bond acceptors (Lipinski definition) is 2. The molecule has 5 heteroatoms. The van der Waals surface area contributed by atoms with Crippen LogP contribution in [0.15, 0.2) is 27.6 Å². The number of benzene rings is 1. The molecule has 0 aliphatic rings. The minimum Gasteiger partial charge on any atom is -0.207 e. The third kappa shape index (κ3) is 2.85. The first-order chi connectivity index (χ1) is 7.38. The highest BCUT2D eigenvalue weighted by atomic mass is 79.9. The van der Waals surface area contributed by atoms with Crippen LogP contribution >= 0.6 is 15.9 Å². The van der Waals surface area contributed by atoms with Gasteiger partial charge >= 0.3 is 0 Å². The van der Waals surface area contributed by atoms with Gasteiger partial charge in [-0.3, -0.25) is 0 Å². The smallest absolute Gasteiger partial charge is 0.207 e. The summed E-state index contributed by atoms with van der Waals surface area (Å²) < 4.78 is 26.8. The van der Waals surface area contributed by atoms with Gasteiger partial charge in [0.1, 0.15) is 0 Å². The lowest BCUT2D eigenvalue weighted by molar-refractivity contribution is 0.577. The first kappa shape index (κ1) is 13.2. The van der Waals surface area contributed by atoms with E-state index in [1.54, 1.807) is 13.0 Å². The fourth-order valence-corrected chi connectivity index (χ4v) is 3.38. The van der Waals surface area contributed by atoms with Crippen molar-refractivity contribution in [1.82, 2.24) is 4.72 Å². The number of hydrogen-bond donors (Lipinski definition) is 1. The SMILES string of the molecule is C#C[C@H](C)NS(=O)(=O)c1cccc(C)c1Br. The van der Waals surface area contributed by atoms with Crippen molar-refractivity contribution in [3.05, 3.63) is 28.2 Å². The van der Waals surface area contributed by atoms with Gasteiger partial charge in [-0.25, -0.2) is 8.42 Å². The zero-order valence-electron chi connectivity index (χ0n) is 8.99. The molecule has 16 heavy (non-hydrogen) atoms. The molecule has 0 saturated carbocycles. The van der Waals surface area contributed by atoms with Gasteiger partial charge in [-0.05, 0) is 41.4 Å². The molecule has 1 aromatic rings. The topological polar surface area (TPSA) is 46.2 Å². The van der Waals surface area contributed by atoms with Crippen molar-refractivity contribution in [2.24, 2.45) is 0 Å². The first-order valence-corrected chi connectivity index (χ1v) is 6.89. The molecule has 0 fully saturated rings. The highest BCUT2D eigenvalue weighted by Gasteiger charge is 2.19. The standard InChI is InChI=1S/C11H12BrNO2S/c1-4-9(3)13-16(14,15)10-7-5-6-8(2)11(10)12/h1,5-7,9,13H,2-3H3/t9-/m0/s1. The maximum atomic E-state index is 11.9. The third-order valence-corrected chi connectivity index (χ3v) is 4.93. The van der Waals surface area contributed by atoms with Gasteiger partial charge in [0.25, 0.3) is 0 Å². The molecule has 0 aliphatic carbocycles. The van der Waals surface area contributed by atoms with E-state index in [0.717, 1.165) is 5.56 Å². The summed E-state index contributed by atoms with van der Waals surface area (Å²) in [5.74, 6) is 2.32. The normalized spacial score (nSPS) is 13.1. The highest BCUT2D eigenvalue weighted by Crippen LogP contribution is 2.25. The Morgan fingerprint density at radius 3 is 2.69 bits per heavy atom. The average Bonchev–Trinajstić information content (AvgIpc) is 2.21. The summed E-state index contributed by atoms with van der Waals surface area (Å²) >= 11 is 3.26. The second kappa shape index (κ2) is 5.00. The van der Waals surface area contributed by atoms with Gasteiger partial charge in [-0.2, -0.15) is 4.72 Å². The van der Waals surface area contributed by atoms with E-state index in [9.17, 15) is 8.42 Å². The van der Waals surface area contributed by atoms with E-state index in [4.69, 9.17) is 6.42 Å². The molecule has 0 heterocycles. The van der Waals surface area contributed by atoms with E-state index < -0.39 is 16.1 Å². The maximum absolute atomic E-state index is 11.9. The van der Waals surface area contributed by atoms with Crippen LogP contribution in [0.1, 0.15) is 12.5 Å². The van der Waals surface area contributed by atoms with E-state index in [2.05, 4.69) is 26.6 Å². The van der Waals surface area contributed by atoms with Crippen LogP contribution in [0.2, 0.25) is 0 Å². The molecule has 0 aliphatic heterocycles. The van der Waals surface area contributed by atoms with Crippen LogP contribution in [-0.2, 0) is 10.0 Å². The van der Waals surface area contributed by atoms with Crippen LogP contribution in [0, 0.1) is 19.3 Å². The second-order valence-corrected chi connectivity index (χ2v) is 5.87. The molecule has 1 aromatic carbocycles. The largest absolute Gasteiger partial charge is 0.242 e. The van der Waals surface area contributed by atoms with E-state index >= 15 is 0 Å². The lowest BCUT2D eigenvalue weighted by atomic mass is 10.2. The Kier molecular flexibility index (Phi) is 4.14. The highest BCUT2D eigenvalue weighted by molar-refractivity contribution is 9.10.